The Morgan fingerprint density at radius 1 is 0.967 bits per heavy atom. The van der Waals surface area contributed by atoms with Crippen LogP contribution in [0.2, 0.25) is 0 Å². The van der Waals surface area contributed by atoms with Gasteiger partial charge in [0.25, 0.3) is 17.7 Å². The number of carbonyl (C=O) groups is 6. The van der Waals surface area contributed by atoms with Crippen LogP contribution >= 0.6 is 0 Å². The van der Waals surface area contributed by atoms with Gasteiger partial charge in [-0.3, -0.25) is 19.2 Å². The number of hydrogen-bond acceptors (Lipinski definition) is 8. The van der Waals surface area contributed by atoms with Crippen LogP contribution in [-0.4, -0.2) is 41.0 Å². The molecule has 0 atom stereocenters. The van der Waals surface area contributed by atoms with Gasteiger partial charge in [-0.25, -0.2) is 9.59 Å². The van der Waals surface area contributed by atoms with Crippen molar-refractivity contribution in [2.24, 2.45) is 11.8 Å². The highest BCUT2D eigenvalue weighted by Crippen LogP contribution is 2.27. The maximum Gasteiger partial charge on any atom is 0.333 e. The number of nitrogens with one attached hydrogen (secondary N) is 1. The summed E-state index contributed by atoms with van der Waals surface area (Å²) in [6, 6.07) is 2.06. The maximum atomic E-state index is 12.5. The van der Waals surface area contributed by atoms with Gasteiger partial charge < -0.3 is 9.68 Å². The lowest BCUT2D eigenvalue weighted by Gasteiger charge is -2.13. The highest BCUT2D eigenvalue weighted by molar-refractivity contribution is 6.22. The Bertz CT molecular complexity index is 919. The SMILES string of the molecule is CC(C)CC(=O)ONC(=O)c1cc2c(cc1C=O)C(=O)N(OC(=O)CC(C)C)C2=O. The molecule has 10 heteroatoms. The van der Waals surface area contributed by atoms with Crippen molar-refractivity contribution in [1.82, 2.24) is 10.5 Å². The Kier molecular flexibility index (Phi) is 7.04. The summed E-state index contributed by atoms with van der Waals surface area (Å²) >= 11 is 0. The van der Waals surface area contributed by atoms with E-state index in [4.69, 9.17) is 4.84 Å². The summed E-state index contributed by atoms with van der Waals surface area (Å²) < 4.78 is 0. The first kappa shape index (κ1) is 22.7. The zero-order valence-electron chi connectivity index (χ0n) is 17.0. The third kappa shape index (κ3) is 5.07. The summed E-state index contributed by atoms with van der Waals surface area (Å²) in [6.07, 6.45) is 0.368. The van der Waals surface area contributed by atoms with E-state index < -0.39 is 29.7 Å². The van der Waals surface area contributed by atoms with E-state index in [0.29, 0.717) is 11.3 Å². The number of rotatable bonds is 7. The molecule has 1 N–H and O–H groups in total. The van der Waals surface area contributed by atoms with Gasteiger partial charge in [-0.15, -0.1) is 0 Å². The van der Waals surface area contributed by atoms with Crippen molar-refractivity contribution in [2.75, 3.05) is 0 Å². The molecule has 0 fully saturated rings. The molecular weight excluding hydrogens is 396 g/mol. The third-order valence-corrected chi connectivity index (χ3v) is 3.99. The average Bonchev–Trinajstić information content (AvgIpc) is 2.88. The van der Waals surface area contributed by atoms with Crippen LogP contribution in [0.1, 0.15) is 82.0 Å². The molecule has 0 bridgehead atoms. The first-order valence-electron chi connectivity index (χ1n) is 9.27. The van der Waals surface area contributed by atoms with E-state index in [1.807, 2.05) is 5.48 Å². The van der Waals surface area contributed by atoms with Crippen molar-refractivity contribution >= 4 is 35.9 Å². The number of nitrogens with zero attached hydrogens (tertiary/aromatic N) is 1. The van der Waals surface area contributed by atoms with Gasteiger partial charge in [0, 0.05) is 5.56 Å². The van der Waals surface area contributed by atoms with Crippen LogP contribution in [0.3, 0.4) is 0 Å². The van der Waals surface area contributed by atoms with Gasteiger partial charge in [-0.05, 0) is 24.0 Å². The Morgan fingerprint density at radius 3 is 2.03 bits per heavy atom. The quantitative estimate of drug-likeness (QED) is 0.402. The average molecular weight is 418 g/mol. The van der Waals surface area contributed by atoms with Gasteiger partial charge in [0.1, 0.15) is 0 Å². The molecule has 160 valence electrons. The summed E-state index contributed by atoms with van der Waals surface area (Å²) in [5, 5.41) is 0.300. The topological polar surface area (TPSA) is 136 Å². The van der Waals surface area contributed by atoms with Crippen LogP contribution in [0, 0.1) is 11.8 Å². The zero-order chi connectivity index (χ0) is 22.6. The lowest BCUT2D eigenvalue weighted by Crippen LogP contribution is -2.33. The van der Waals surface area contributed by atoms with E-state index in [1.165, 1.54) is 0 Å². The number of hydroxylamine groups is 3. The van der Waals surface area contributed by atoms with Crippen molar-refractivity contribution in [1.29, 1.82) is 0 Å². The second kappa shape index (κ2) is 9.29. The first-order chi connectivity index (χ1) is 14.0. The summed E-state index contributed by atoms with van der Waals surface area (Å²) in [6.45, 7) is 7.10. The molecule has 0 aromatic heterocycles. The number of imide groups is 1. The molecule has 1 aromatic carbocycles. The molecule has 0 saturated carbocycles. The van der Waals surface area contributed by atoms with Gasteiger partial charge in [0.2, 0.25) is 0 Å². The molecule has 30 heavy (non-hydrogen) atoms. The molecule has 3 amide bonds. The summed E-state index contributed by atoms with van der Waals surface area (Å²) in [5.41, 5.74) is 1.02. The Labute approximate surface area is 172 Å². The predicted octanol–water partition coefficient (Wildman–Crippen LogP) is 1.83. The van der Waals surface area contributed by atoms with Gasteiger partial charge in [-0.1, -0.05) is 32.8 Å². The lowest BCUT2D eigenvalue weighted by molar-refractivity contribution is -0.169. The van der Waals surface area contributed by atoms with Crippen LogP contribution in [-0.2, 0) is 19.3 Å². The number of aldehydes is 1. The number of fused-ring (bicyclic) bond motifs is 1. The van der Waals surface area contributed by atoms with Crippen molar-refractivity contribution in [3.05, 3.63) is 34.4 Å². The fourth-order valence-electron chi connectivity index (χ4n) is 2.66. The Hall–Kier alpha value is -3.56. The predicted molar refractivity (Wildman–Crippen MR) is 101 cm³/mol. The highest BCUT2D eigenvalue weighted by atomic mass is 16.7. The molecule has 0 radical (unpaired) electrons. The molecule has 0 unspecified atom stereocenters. The molecule has 2 rings (SSSR count). The molecule has 10 nitrogen and oxygen atoms in total. The van der Waals surface area contributed by atoms with E-state index in [1.54, 1.807) is 27.7 Å². The normalized spacial score (nSPS) is 12.8. The van der Waals surface area contributed by atoms with Crippen molar-refractivity contribution < 1.29 is 38.4 Å². The first-order valence-corrected chi connectivity index (χ1v) is 9.27. The highest BCUT2D eigenvalue weighted by Gasteiger charge is 2.40. The van der Waals surface area contributed by atoms with E-state index in [0.717, 1.165) is 12.1 Å². The molecule has 1 aliphatic heterocycles. The fraction of sp³-hybridized carbons (Fsp3) is 0.400. The van der Waals surface area contributed by atoms with Crippen molar-refractivity contribution in [2.45, 2.75) is 40.5 Å². The van der Waals surface area contributed by atoms with Crippen molar-refractivity contribution in [3.8, 4) is 0 Å². The minimum absolute atomic E-state index is 0.00737. The van der Waals surface area contributed by atoms with Gasteiger partial charge in [0.15, 0.2) is 6.29 Å². The molecule has 1 aliphatic rings. The minimum Gasteiger partial charge on any atom is -0.341 e. The van der Waals surface area contributed by atoms with Gasteiger partial charge in [0.05, 0.1) is 29.5 Å². The van der Waals surface area contributed by atoms with Crippen LogP contribution in [0.5, 0.6) is 0 Å². The maximum absolute atomic E-state index is 12.5. The molecule has 0 saturated heterocycles. The van der Waals surface area contributed by atoms with E-state index in [9.17, 15) is 28.8 Å². The number of amides is 3. The number of hydrogen-bond donors (Lipinski definition) is 1. The standard InChI is InChI=1S/C20H22N2O8/c1-10(2)5-16(24)29-21-18(26)13-8-15-14(7-12(13)9-23)19(27)22(20(15)28)30-17(25)6-11(3)4/h7-11H,5-6H2,1-4H3,(H,21,26). The molecule has 1 aromatic rings. The fourth-order valence-corrected chi connectivity index (χ4v) is 2.66. The molecule has 0 aliphatic carbocycles. The smallest absolute Gasteiger partial charge is 0.333 e. The summed E-state index contributed by atoms with van der Waals surface area (Å²) in [5.74, 6) is -4.32. The molecule has 1 heterocycles. The number of carbonyl (C=O) groups excluding carboxylic acids is 6. The molecule has 0 spiro atoms. The van der Waals surface area contributed by atoms with Crippen molar-refractivity contribution in [3.63, 3.8) is 0 Å². The second-order valence-electron chi connectivity index (χ2n) is 7.57. The summed E-state index contributed by atoms with van der Waals surface area (Å²) in [7, 11) is 0. The number of benzene rings is 1. The van der Waals surface area contributed by atoms with Gasteiger partial charge >= 0.3 is 11.9 Å². The van der Waals surface area contributed by atoms with E-state index >= 15 is 0 Å². The van der Waals surface area contributed by atoms with Crippen LogP contribution in [0.25, 0.3) is 0 Å². The zero-order valence-corrected chi connectivity index (χ0v) is 17.0. The Balaban J connectivity index is 2.25. The van der Waals surface area contributed by atoms with E-state index in [2.05, 4.69) is 4.84 Å². The third-order valence-electron chi connectivity index (χ3n) is 3.99. The lowest BCUT2D eigenvalue weighted by atomic mass is 10.00. The minimum atomic E-state index is -0.951. The van der Waals surface area contributed by atoms with Crippen LogP contribution in [0.4, 0.5) is 0 Å². The largest absolute Gasteiger partial charge is 0.341 e. The second-order valence-corrected chi connectivity index (χ2v) is 7.57. The van der Waals surface area contributed by atoms with Crippen LogP contribution < -0.4 is 5.48 Å². The Morgan fingerprint density at radius 2 is 1.50 bits per heavy atom. The van der Waals surface area contributed by atoms with Crippen LogP contribution in [0.15, 0.2) is 12.1 Å². The van der Waals surface area contributed by atoms with E-state index in [-0.39, 0.29) is 46.9 Å². The monoisotopic (exact) mass is 418 g/mol. The summed E-state index contributed by atoms with van der Waals surface area (Å²) in [4.78, 5) is 81.6. The van der Waals surface area contributed by atoms with Gasteiger partial charge in [-0.2, -0.15) is 5.48 Å². The molecular formula is C20H22N2O8.